The lowest BCUT2D eigenvalue weighted by Crippen LogP contribution is -2.30. The second-order valence-corrected chi connectivity index (χ2v) is 6.19. The van der Waals surface area contributed by atoms with Gasteiger partial charge in [0.15, 0.2) is 5.82 Å². The third-order valence-electron chi connectivity index (χ3n) is 4.23. The Bertz CT molecular complexity index is 593. The minimum Gasteiger partial charge on any atom is -0.339 e. The van der Waals surface area contributed by atoms with Gasteiger partial charge in [-0.25, -0.2) is 0 Å². The van der Waals surface area contributed by atoms with Gasteiger partial charge in [0.1, 0.15) is 0 Å². The van der Waals surface area contributed by atoms with E-state index in [-0.39, 0.29) is 6.04 Å². The fraction of sp³-hybridized carbons (Fsp3) is 0.500. The number of nitrogens with zero attached hydrogens (tertiary/aromatic N) is 2. The summed E-state index contributed by atoms with van der Waals surface area (Å²) >= 11 is 6.15. The van der Waals surface area contributed by atoms with Gasteiger partial charge >= 0.3 is 0 Å². The number of hydrogen-bond donors (Lipinski definition) is 1. The molecule has 21 heavy (non-hydrogen) atoms. The number of rotatable bonds is 5. The Balaban J connectivity index is 1.62. The quantitative estimate of drug-likeness (QED) is 0.919. The van der Waals surface area contributed by atoms with E-state index in [1.807, 2.05) is 24.3 Å². The van der Waals surface area contributed by atoms with Crippen molar-refractivity contribution in [1.82, 2.24) is 10.1 Å². The van der Waals surface area contributed by atoms with Gasteiger partial charge in [-0.3, -0.25) is 0 Å². The van der Waals surface area contributed by atoms with Gasteiger partial charge < -0.3 is 10.3 Å². The lowest BCUT2D eigenvalue weighted by molar-refractivity contribution is 0.339. The minimum atomic E-state index is 0.126. The molecule has 1 aromatic carbocycles. The van der Waals surface area contributed by atoms with Crippen molar-refractivity contribution in [3.63, 3.8) is 0 Å². The van der Waals surface area contributed by atoms with E-state index >= 15 is 0 Å². The normalized spacial score (nSPS) is 17.2. The molecule has 2 N–H and O–H groups in total. The van der Waals surface area contributed by atoms with Crippen LogP contribution in [0.2, 0.25) is 5.02 Å². The Hall–Kier alpha value is -1.39. The molecule has 4 nitrogen and oxygen atoms in total. The molecule has 5 heteroatoms. The average molecular weight is 306 g/mol. The molecular formula is C16H20ClN3O. The van der Waals surface area contributed by atoms with Gasteiger partial charge in [-0.15, -0.1) is 0 Å². The van der Waals surface area contributed by atoms with Crippen molar-refractivity contribution >= 4 is 11.6 Å². The molecule has 0 amide bonds. The fourth-order valence-corrected chi connectivity index (χ4v) is 3.21. The highest BCUT2D eigenvalue weighted by molar-refractivity contribution is 6.31. The summed E-state index contributed by atoms with van der Waals surface area (Å²) in [5.74, 6) is 1.90. The molecule has 1 aromatic heterocycles. The van der Waals surface area contributed by atoms with Gasteiger partial charge in [0.2, 0.25) is 5.89 Å². The van der Waals surface area contributed by atoms with Crippen LogP contribution in [0.4, 0.5) is 0 Å². The van der Waals surface area contributed by atoms with Crippen LogP contribution in [0.15, 0.2) is 28.8 Å². The first-order valence-electron chi connectivity index (χ1n) is 7.53. The smallest absolute Gasteiger partial charge is 0.228 e. The molecule has 112 valence electrons. The van der Waals surface area contributed by atoms with E-state index in [4.69, 9.17) is 21.9 Å². The van der Waals surface area contributed by atoms with Crippen molar-refractivity contribution in [3.8, 4) is 0 Å². The summed E-state index contributed by atoms with van der Waals surface area (Å²) in [6.07, 6.45) is 6.28. The third kappa shape index (κ3) is 3.63. The predicted molar refractivity (Wildman–Crippen MR) is 82.2 cm³/mol. The maximum Gasteiger partial charge on any atom is 0.228 e. The van der Waals surface area contributed by atoms with E-state index < -0.39 is 0 Å². The van der Waals surface area contributed by atoms with E-state index in [1.54, 1.807) is 0 Å². The van der Waals surface area contributed by atoms with Crippen LogP contribution in [0.25, 0.3) is 0 Å². The first kappa shape index (κ1) is 14.5. The SMILES string of the molecule is NC(Cc1nc(Cc2ccccc2Cl)no1)C1CCCC1. The highest BCUT2D eigenvalue weighted by Gasteiger charge is 2.24. The van der Waals surface area contributed by atoms with Gasteiger partial charge in [-0.1, -0.05) is 47.8 Å². The van der Waals surface area contributed by atoms with Gasteiger partial charge in [0.25, 0.3) is 0 Å². The van der Waals surface area contributed by atoms with Crippen molar-refractivity contribution in [2.24, 2.45) is 11.7 Å². The second kappa shape index (κ2) is 6.58. The molecule has 0 aliphatic heterocycles. The molecule has 0 spiro atoms. The molecular weight excluding hydrogens is 286 g/mol. The average Bonchev–Trinajstić information content (AvgIpc) is 3.13. The largest absolute Gasteiger partial charge is 0.339 e. The molecule has 0 bridgehead atoms. The summed E-state index contributed by atoms with van der Waals surface area (Å²) in [6, 6.07) is 7.84. The summed E-state index contributed by atoms with van der Waals surface area (Å²) in [6.45, 7) is 0. The Kier molecular flexibility index (Phi) is 4.56. The lowest BCUT2D eigenvalue weighted by Gasteiger charge is -2.16. The van der Waals surface area contributed by atoms with Crippen LogP contribution in [0.3, 0.4) is 0 Å². The van der Waals surface area contributed by atoms with E-state index in [0.29, 0.717) is 30.5 Å². The molecule has 0 saturated heterocycles. The summed E-state index contributed by atoms with van der Waals surface area (Å²) in [7, 11) is 0. The van der Waals surface area contributed by atoms with E-state index in [9.17, 15) is 0 Å². The van der Waals surface area contributed by atoms with E-state index in [0.717, 1.165) is 10.6 Å². The van der Waals surface area contributed by atoms with Crippen molar-refractivity contribution < 1.29 is 4.52 Å². The van der Waals surface area contributed by atoms with Gasteiger partial charge in [-0.2, -0.15) is 4.98 Å². The highest BCUT2D eigenvalue weighted by atomic mass is 35.5. The van der Waals surface area contributed by atoms with Crippen molar-refractivity contribution in [1.29, 1.82) is 0 Å². The Labute approximate surface area is 129 Å². The highest BCUT2D eigenvalue weighted by Crippen LogP contribution is 2.28. The molecule has 1 heterocycles. The molecule has 1 atom stereocenters. The van der Waals surface area contributed by atoms with Crippen LogP contribution < -0.4 is 5.73 Å². The third-order valence-corrected chi connectivity index (χ3v) is 4.60. The zero-order valence-electron chi connectivity index (χ0n) is 12.0. The van der Waals surface area contributed by atoms with E-state index in [2.05, 4.69) is 10.1 Å². The Morgan fingerprint density at radius 2 is 2.05 bits per heavy atom. The van der Waals surface area contributed by atoms with Crippen molar-refractivity contribution in [3.05, 3.63) is 46.6 Å². The molecule has 2 aromatic rings. The summed E-state index contributed by atoms with van der Waals surface area (Å²) in [4.78, 5) is 4.44. The monoisotopic (exact) mass is 305 g/mol. The number of nitrogens with two attached hydrogens (primary N) is 1. The summed E-state index contributed by atoms with van der Waals surface area (Å²) in [5, 5.41) is 4.76. The number of aromatic nitrogens is 2. The second-order valence-electron chi connectivity index (χ2n) is 5.79. The first-order chi connectivity index (χ1) is 10.2. The first-order valence-corrected chi connectivity index (χ1v) is 7.90. The number of hydrogen-bond acceptors (Lipinski definition) is 4. The molecule has 1 aliphatic rings. The van der Waals surface area contributed by atoms with Gasteiger partial charge in [0, 0.05) is 23.9 Å². The maximum atomic E-state index is 6.25. The lowest BCUT2D eigenvalue weighted by atomic mass is 9.96. The molecule has 0 radical (unpaired) electrons. The van der Waals surface area contributed by atoms with Crippen molar-refractivity contribution in [2.75, 3.05) is 0 Å². The Morgan fingerprint density at radius 3 is 2.81 bits per heavy atom. The number of halogens is 1. The number of benzene rings is 1. The molecule has 1 saturated carbocycles. The molecule has 3 rings (SSSR count). The van der Waals surface area contributed by atoms with Crippen LogP contribution >= 0.6 is 11.6 Å². The molecule has 1 aliphatic carbocycles. The van der Waals surface area contributed by atoms with E-state index in [1.165, 1.54) is 25.7 Å². The standard InChI is InChI=1S/C16H20ClN3O/c17-13-8-4-3-7-12(13)9-15-19-16(21-20-15)10-14(18)11-5-1-2-6-11/h3-4,7-8,11,14H,1-2,5-6,9-10,18H2. The zero-order chi connectivity index (χ0) is 14.7. The van der Waals surface area contributed by atoms with Crippen molar-refractivity contribution in [2.45, 2.75) is 44.6 Å². The zero-order valence-corrected chi connectivity index (χ0v) is 12.7. The van der Waals surface area contributed by atoms with Gasteiger partial charge in [-0.05, 0) is 30.4 Å². The maximum absolute atomic E-state index is 6.25. The topological polar surface area (TPSA) is 64.9 Å². The fourth-order valence-electron chi connectivity index (χ4n) is 3.01. The predicted octanol–water partition coefficient (Wildman–Crippen LogP) is 3.37. The summed E-state index contributed by atoms with van der Waals surface area (Å²) in [5.41, 5.74) is 7.25. The van der Waals surface area contributed by atoms with Crippen LogP contribution in [-0.4, -0.2) is 16.2 Å². The molecule has 1 unspecified atom stereocenters. The van der Waals surface area contributed by atoms with Crippen LogP contribution in [0.5, 0.6) is 0 Å². The van der Waals surface area contributed by atoms with Crippen LogP contribution in [0, 0.1) is 5.92 Å². The minimum absolute atomic E-state index is 0.126. The van der Waals surface area contributed by atoms with Crippen LogP contribution in [0.1, 0.15) is 43.0 Å². The summed E-state index contributed by atoms with van der Waals surface area (Å²) < 4.78 is 5.32. The van der Waals surface area contributed by atoms with Gasteiger partial charge in [0.05, 0.1) is 0 Å². The molecule has 1 fully saturated rings. The Morgan fingerprint density at radius 1 is 1.29 bits per heavy atom. The van der Waals surface area contributed by atoms with Crippen LogP contribution in [-0.2, 0) is 12.8 Å².